The Labute approximate surface area is 103 Å². The van der Waals surface area contributed by atoms with Crippen molar-refractivity contribution in [2.45, 2.75) is 0 Å². The van der Waals surface area contributed by atoms with Crippen LogP contribution in [0.25, 0.3) is 0 Å². The average molecular weight is 274 g/mol. The molecular weight excluding hydrogens is 262 g/mol. The summed E-state index contributed by atoms with van der Waals surface area (Å²) < 4.78 is 4.95. The number of carbonyl (C=O) groups is 1. The number of nitrogens with one attached hydrogen (secondary N) is 1. The molecule has 1 rings (SSSR count). The van der Waals surface area contributed by atoms with Crippen molar-refractivity contribution in [1.82, 2.24) is 5.43 Å². The first-order valence-corrected chi connectivity index (χ1v) is 4.12. The van der Waals surface area contributed by atoms with Crippen LogP contribution in [0.2, 0.25) is 0 Å². The molecule has 0 saturated carbocycles. The van der Waals surface area contributed by atoms with E-state index in [4.69, 9.17) is 15.6 Å². The number of para-hydroxylation sites is 1. The van der Waals surface area contributed by atoms with E-state index in [9.17, 15) is 4.79 Å². The number of benzene rings is 1. The van der Waals surface area contributed by atoms with E-state index in [1.807, 2.05) is 5.43 Å². The van der Waals surface area contributed by atoms with Crippen LogP contribution in [0, 0.1) is 0 Å². The minimum absolute atomic E-state index is 0. The SMILES string of the molecule is COc1cccc(C=NNC(N)=O)c1[OH2+].[Cu+2]. The maximum absolute atomic E-state index is 10.3. The summed E-state index contributed by atoms with van der Waals surface area (Å²) in [6.45, 7) is 0. The van der Waals surface area contributed by atoms with E-state index in [0.29, 0.717) is 11.3 Å². The minimum Gasteiger partial charge on any atom is -0.590 e. The van der Waals surface area contributed by atoms with Gasteiger partial charge in [-0.3, -0.25) is 0 Å². The van der Waals surface area contributed by atoms with Crippen molar-refractivity contribution in [3.05, 3.63) is 23.8 Å². The molecular formula is C9H12CuN3O3+3. The van der Waals surface area contributed by atoms with Crippen molar-refractivity contribution in [3.63, 3.8) is 0 Å². The second-order valence-corrected chi connectivity index (χ2v) is 2.66. The molecule has 0 aliphatic rings. The van der Waals surface area contributed by atoms with Crippen LogP contribution in [-0.2, 0) is 17.1 Å². The number of hydrazone groups is 1. The number of ether oxygens (including phenoxy) is 1. The molecule has 0 saturated heterocycles. The van der Waals surface area contributed by atoms with Crippen LogP contribution in [0.4, 0.5) is 4.79 Å². The van der Waals surface area contributed by atoms with Crippen LogP contribution in [0.15, 0.2) is 23.3 Å². The molecule has 0 unspecified atom stereocenters. The molecule has 0 heterocycles. The van der Waals surface area contributed by atoms with Crippen LogP contribution in [0.3, 0.4) is 0 Å². The third kappa shape index (κ3) is 3.80. The number of primary amides is 1. The molecule has 0 aliphatic carbocycles. The number of rotatable bonds is 3. The topological polar surface area (TPSA) is 99.6 Å². The Kier molecular flexibility index (Phi) is 5.99. The standard InChI is InChI=1S/C9H11N3O3.Cu/c1-15-7-4-2-3-6(8(7)13)5-11-12-9(10)14;/h2-5,13H,1H3,(H3,10,12,14);/q;+2/p+1. The summed E-state index contributed by atoms with van der Waals surface area (Å²) in [5.74, 6) is 0.646. The molecule has 7 heteroatoms. The second kappa shape index (κ2) is 6.71. The summed E-state index contributed by atoms with van der Waals surface area (Å²) in [5.41, 5.74) is 7.39. The monoisotopic (exact) mass is 273 g/mol. The smallest absolute Gasteiger partial charge is 0.590 e. The largest absolute Gasteiger partial charge is 2.00 e. The zero-order valence-corrected chi connectivity index (χ0v) is 9.39. The Morgan fingerprint density at radius 2 is 2.31 bits per heavy atom. The fourth-order valence-corrected chi connectivity index (χ4v) is 0.991. The van der Waals surface area contributed by atoms with Crippen molar-refractivity contribution >= 4 is 12.2 Å². The van der Waals surface area contributed by atoms with Gasteiger partial charge in [0.15, 0.2) is 0 Å². The number of methoxy groups -OCH3 is 1. The van der Waals surface area contributed by atoms with E-state index >= 15 is 0 Å². The van der Waals surface area contributed by atoms with Gasteiger partial charge in [0.05, 0.1) is 18.9 Å². The van der Waals surface area contributed by atoms with E-state index in [1.165, 1.54) is 13.3 Å². The van der Waals surface area contributed by atoms with Gasteiger partial charge in [-0.05, 0) is 12.1 Å². The third-order valence-electron chi connectivity index (χ3n) is 1.66. The van der Waals surface area contributed by atoms with Crippen LogP contribution in [0.1, 0.15) is 5.56 Å². The van der Waals surface area contributed by atoms with Crippen LogP contribution >= 0.6 is 0 Å². The molecule has 0 bridgehead atoms. The van der Waals surface area contributed by atoms with E-state index in [0.717, 1.165) is 0 Å². The Hall–Kier alpha value is -1.72. The zero-order valence-electron chi connectivity index (χ0n) is 8.45. The Bertz CT molecular complexity index is 396. The van der Waals surface area contributed by atoms with Crippen LogP contribution in [-0.4, -0.2) is 24.5 Å². The van der Waals surface area contributed by atoms with Crippen LogP contribution in [0.5, 0.6) is 11.5 Å². The molecule has 2 amide bonds. The van der Waals surface area contributed by atoms with Gasteiger partial charge in [-0.25, -0.2) is 10.2 Å². The summed E-state index contributed by atoms with van der Waals surface area (Å²) in [6.07, 6.45) is 1.33. The maximum Gasteiger partial charge on any atom is 2.00 e. The van der Waals surface area contributed by atoms with Crippen LogP contribution < -0.4 is 15.9 Å². The maximum atomic E-state index is 10.3. The summed E-state index contributed by atoms with van der Waals surface area (Å²) in [4.78, 5) is 10.3. The summed E-state index contributed by atoms with van der Waals surface area (Å²) in [6, 6.07) is 4.32. The van der Waals surface area contributed by atoms with Gasteiger partial charge in [0.1, 0.15) is 0 Å². The first kappa shape index (κ1) is 14.3. The molecule has 6 nitrogen and oxygen atoms in total. The molecule has 0 fully saturated rings. The number of nitrogens with zero attached hydrogens (tertiary/aromatic N) is 1. The normalized spacial score (nSPS) is 9.56. The number of nitrogens with two attached hydrogens (primary N) is 1. The van der Waals surface area contributed by atoms with Crippen molar-refractivity contribution in [2.24, 2.45) is 10.8 Å². The van der Waals surface area contributed by atoms with Gasteiger partial charge in [0, 0.05) is 0 Å². The van der Waals surface area contributed by atoms with Gasteiger partial charge in [0.2, 0.25) is 5.75 Å². The van der Waals surface area contributed by atoms with Crippen molar-refractivity contribution in [1.29, 1.82) is 0 Å². The number of urea groups is 1. The van der Waals surface area contributed by atoms with E-state index in [2.05, 4.69) is 5.10 Å². The Balaban J connectivity index is 0.00000225. The molecule has 89 valence electrons. The molecule has 0 aliphatic heterocycles. The first-order chi connectivity index (χ1) is 7.15. The summed E-state index contributed by atoms with van der Waals surface area (Å²) >= 11 is 0. The molecule has 16 heavy (non-hydrogen) atoms. The van der Waals surface area contributed by atoms with Gasteiger partial charge < -0.3 is 15.6 Å². The molecule has 1 radical (unpaired) electrons. The van der Waals surface area contributed by atoms with Gasteiger partial charge in [-0.1, -0.05) is 6.07 Å². The van der Waals surface area contributed by atoms with Crippen molar-refractivity contribution < 1.29 is 31.7 Å². The zero-order chi connectivity index (χ0) is 11.3. The predicted octanol–water partition coefficient (Wildman–Crippen LogP) is 0.133. The van der Waals surface area contributed by atoms with Gasteiger partial charge in [0.25, 0.3) is 0 Å². The number of hydrogen-bond acceptors (Lipinski definition) is 3. The number of amides is 2. The third-order valence-corrected chi connectivity index (χ3v) is 1.66. The molecule has 0 aromatic heterocycles. The number of carbonyl (C=O) groups excluding carboxylic acids is 1. The van der Waals surface area contributed by atoms with Crippen molar-refractivity contribution in [3.8, 4) is 11.5 Å². The fraction of sp³-hybridized carbons (Fsp3) is 0.111. The molecule has 1 aromatic rings. The summed E-state index contributed by atoms with van der Waals surface area (Å²) in [7, 11) is 1.48. The molecule has 5 N–H and O–H groups in total. The van der Waals surface area contributed by atoms with Crippen molar-refractivity contribution in [2.75, 3.05) is 7.11 Å². The molecule has 0 atom stereocenters. The van der Waals surface area contributed by atoms with Gasteiger partial charge >= 0.3 is 28.8 Å². The van der Waals surface area contributed by atoms with E-state index in [1.54, 1.807) is 18.2 Å². The first-order valence-electron chi connectivity index (χ1n) is 4.12. The minimum atomic E-state index is -0.749. The van der Waals surface area contributed by atoms with Gasteiger partial charge in [-0.2, -0.15) is 5.10 Å². The number of hydrogen-bond donors (Lipinski definition) is 2. The van der Waals surface area contributed by atoms with E-state index < -0.39 is 6.03 Å². The van der Waals surface area contributed by atoms with E-state index in [-0.39, 0.29) is 22.8 Å². The second-order valence-electron chi connectivity index (χ2n) is 2.66. The fourth-order valence-electron chi connectivity index (χ4n) is 0.991. The average Bonchev–Trinajstić information content (AvgIpc) is 2.20. The quantitative estimate of drug-likeness (QED) is 0.354. The Morgan fingerprint density at radius 1 is 1.62 bits per heavy atom. The predicted molar refractivity (Wildman–Crippen MR) is 56.4 cm³/mol. The van der Waals surface area contributed by atoms with Gasteiger partial charge in [-0.15, -0.1) is 0 Å². The molecule has 0 spiro atoms. The summed E-state index contributed by atoms with van der Waals surface area (Å²) in [5, 5.41) is 11.2. The molecule has 1 aromatic carbocycles. The Morgan fingerprint density at radius 3 is 2.88 bits per heavy atom.